The fourth-order valence-corrected chi connectivity index (χ4v) is 5.51. The summed E-state index contributed by atoms with van der Waals surface area (Å²) in [4.78, 5) is 0. The maximum atomic E-state index is 2.45. The zero-order valence-electron chi connectivity index (χ0n) is 15.0. The Labute approximate surface area is 168 Å². The lowest BCUT2D eigenvalue weighted by atomic mass is 9.74. The molecule has 0 nitrogen and oxygen atoms in total. The first-order chi connectivity index (χ1) is 12.6. The highest BCUT2D eigenvalue weighted by Gasteiger charge is 2.44. The number of hydrogen-bond acceptors (Lipinski definition) is 0. The first-order valence-electron chi connectivity index (χ1n) is 9.24. The third kappa shape index (κ3) is 2.26. The summed E-state index contributed by atoms with van der Waals surface area (Å²) >= 11 is 2.44. The molecule has 0 saturated heterocycles. The maximum Gasteiger partial charge on any atom is 0.0209 e. The molecule has 5 rings (SSSR count). The Balaban J connectivity index is 1.72. The van der Waals surface area contributed by atoms with Crippen LogP contribution in [-0.2, 0) is 5.41 Å². The van der Waals surface area contributed by atoms with E-state index in [-0.39, 0.29) is 5.41 Å². The monoisotopic (exact) mass is 448 g/mol. The third-order valence-electron chi connectivity index (χ3n) is 6.26. The molecular formula is C25H21I. The lowest BCUT2D eigenvalue weighted by Crippen LogP contribution is -2.24. The van der Waals surface area contributed by atoms with Crippen molar-refractivity contribution in [1.29, 1.82) is 0 Å². The van der Waals surface area contributed by atoms with E-state index >= 15 is 0 Å². The van der Waals surface area contributed by atoms with E-state index in [1.54, 1.807) is 0 Å². The van der Waals surface area contributed by atoms with Gasteiger partial charge < -0.3 is 0 Å². The Morgan fingerprint density at radius 1 is 0.846 bits per heavy atom. The molecule has 2 atom stereocenters. The summed E-state index contributed by atoms with van der Waals surface area (Å²) in [6.45, 7) is 4.80. The van der Waals surface area contributed by atoms with Gasteiger partial charge in [-0.1, -0.05) is 86.7 Å². The van der Waals surface area contributed by atoms with Gasteiger partial charge in [-0.2, -0.15) is 0 Å². The van der Waals surface area contributed by atoms with E-state index in [0.717, 1.165) is 0 Å². The van der Waals surface area contributed by atoms with Crippen LogP contribution in [0.4, 0.5) is 0 Å². The van der Waals surface area contributed by atoms with E-state index in [1.807, 2.05) is 0 Å². The minimum Gasteiger partial charge on any atom is -0.0796 e. The lowest BCUT2D eigenvalue weighted by molar-refractivity contribution is 0.394. The second kappa shape index (κ2) is 5.82. The first-order valence-corrected chi connectivity index (χ1v) is 10.3. The van der Waals surface area contributed by atoms with Crippen LogP contribution >= 0.6 is 22.6 Å². The highest BCUT2D eigenvalue weighted by atomic mass is 127. The topological polar surface area (TPSA) is 0 Å². The fraction of sp³-hybridized carbons (Fsp3) is 0.200. The van der Waals surface area contributed by atoms with Crippen LogP contribution in [0.2, 0.25) is 0 Å². The summed E-state index contributed by atoms with van der Waals surface area (Å²) in [6, 6.07) is 20.4. The first kappa shape index (κ1) is 16.3. The number of halogens is 1. The summed E-state index contributed by atoms with van der Waals surface area (Å²) in [5, 5.41) is 2.68. The number of fused-ring (bicyclic) bond motifs is 4. The van der Waals surface area contributed by atoms with Crippen molar-refractivity contribution in [2.45, 2.75) is 25.2 Å². The Kier molecular flexibility index (Phi) is 3.65. The summed E-state index contributed by atoms with van der Waals surface area (Å²) < 4.78 is 1.31. The smallest absolute Gasteiger partial charge is 0.0209 e. The number of hydrogen-bond donors (Lipinski definition) is 0. The molecule has 1 unspecified atom stereocenters. The van der Waals surface area contributed by atoms with Crippen LogP contribution < -0.4 is 0 Å². The fourth-order valence-electron chi connectivity index (χ4n) is 4.86. The molecule has 2 aliphatic rings. The van der Waals surface area contributed by atoms with Crippen molar-refractivity contribution in [2.75, 3.05) is 0 Å². The van der Waals surface area contributed by atoms with Crippen molar-refractivity contribution in [3.8, 4) is 11.1 Å². The second-order valence-electron chi connectivity index (χ2n) is 7.99. The van der Waals surface area contributed by atoms with Gasteiger partial charge in [-0.3, -0.25) is 0 Å². The van der Waals surface area contributed by atoms with Crippen LogP contribution in [0.15, 0.2) is 78.9 Å². The van der Waals surface area contributed by atoms with Crippen LogP contribution in [0.25, 0.3) is 21.9 Å². The quantitative estimate of drug-likeness (QED) is 0.345. The number of benzene rings is 3. The SMILES string of the molecule is CC1(C)c2cc(-c3ccc(I)c4ccccc34)ccc2C2C=CC=C[C@@H]21. The Morgan fingerprint density at radius 2 is 1.62 bits per heavy atom. The molecule has 0 bridgehead atoms. The minimum atomic E-state index is 0.163. The lowest BCUT2D eigenvalue weighted by Gasteiger charge is -2.29. The average molecular weight is 448 g/mol. The minimum absolute atomic E-state index is 0.163. The molecule has 3 aromatic rings. The molecule has 0 saturated carbocycles. The molecular weight excluding hydrogens is 427 g/mol. The van der Waals surface area contributed by atoms with Gasteiger partial charge in [0.2, 0.25) is 0 Å². The Bertz CT molecular complexity index is 1080. The molecule has 0 aromatic heterocycles. The highest BCUT2D eigenvalue weighted by molar-refractivity contribution is 14.1. The van der Waals surface area contributed by atoms with Gasteiger partial charge >= 0.3 is 0 Å². The molecule has 3 aromatic carbocycles. The maximum absolute atomic E-state index is 2.45. The number of allylic oxidation sites excluding steroid dienone is 4. The van der Waals surface area contributed by atoms with Gasteiger partial charge in [0.05, 0.1) is 0 Å². The largest absolute Gasteiger partial charge is 0.0796 e. The summed E-state index contributed by atoms with van der Waals surface area (Å²) in [6.07, 6.45) is 9.18. The normalized spacial score (nSPS) is 22.4. The summed E-state index contributed by atoms with van der Waals surface area (Å²) in [5.41, 5.74) is 5.83. The molecule has 128 valence electrons. The van der Waals surface area contributed by atoms with Crippen molar-refractivity contribution in [3.63, 3.8) is 0 Å². The zero-order valence-corrected chi connectivity index (χ0v) is 17.2. The molecule has 1 heteroatoms. The van der Waals surface area contributed by atoms with E-state index in [9.17, 15) is 0 Å². The molecule has 0 radical (unpaired) electrons. The molecule has 0 N–H and O–H groups in total. The van der Waals surface area contributed by atoms with E-state index in [2.05, 4.69) is 115 Å². The van der Waals surface area contributed by atoms with Gasteiger partial charge in [-0.15, -0.1) is 0 Å². The van der Waals surface area contributed by atoms with Crippen LogP contribution in [0.1, 0.15) is 30.9 Å². The third-order valence-corrected chi connectivity index (χ3v) is 7.20. The second-order valence-corrected chi connectivity index (χ2v) is 9.15. The van der Waals surface area contributed by atoms with Crippen molar-refractivity contribution < 1.29 is 0 Å². The molecule has 26 heavy (non-hydrogen) atoms. The molecule has 0 amide bonds. The number of rotatable bonds is 1. The summed E-state index contributed by atoms with van der Waals surface area (Å²) in [5.74, 6) is 1.08. The van der Waals surface area contributed by atoms with E-state index in [4.69, 9.17) is 0 Å². The highest BCUT2D eigenvalue weighted by Crippen LogP contribution is 2.53. The molecule has 0 fully saturated rings. The van der Waals surface area contributed by atoms with Crippen LogP contribution in [0.5, 0.6) is 0 Å². The van der Waals surface area contributed by atoms with Gasteiger partial charge in [0.15, 0.2) is 0 Å². The molecule has 0 heterocycles. The van der Waals surface area contributed by atoms with E-state index in [0.29, 0.717) is 11.8 Å². The van der Waals surface area contributed by atoms with E-state index in [1.165, 1.54) is 36.6 Å². The Hall–Kier alpha value is -1.87. The van der Waals surface area contributed by atoms with Crippen molar-refractivity contribution >= 4 is 33.4 Å². The molecule has 2 aliphatic carbocycles. The van der Waals surface area contributed by atoms with Crippen molar-refractivity contribution in [3.05, 3.63) is 93.6 Å². The summed E-state index contributed by atoms with van der Waals surface area (Å²) in [7, 11) is 0. The van der Waals surface area contributed by atoms with Gasteiger partial charge in [0, 0.05) is 9.49 Å². The Morgan fingerprint density at radius 3 is 2.46 bits per heavy atom. The van der Waals surface area contributed by atoms with Crippen molar-refractivity contribution in [1.82, 2.24) is 0 Å². The standard InChI is InChI=1S/C25H21I/c1-25(2)22-10-6-5-8-19(22)20-12-11-16(15-23(20)25)17-13-14-24(26)21-9-4-3-7-18(17)21/h3-15,19,22H,1-2H3/t19?,22-/m0/s1. The molecule has 0 spiro atoms. The van der Waals surface area contributed by atoms with Crippen molar-refractivity contribution in [2.24, 2.45) is 5.92 Å². The molecule has 0 aliphatic heterocycles. The average Bonchev–Trinajstić information content (AvgIpc) is 2.90. The van der Waals surface area contributed by atoms with Crippen LogP contribution in [0, 0.1) is 9.49 Å². The van der Waals surface area contributed by atoms with Gasteiger partial charge in [-0.05, 0) is 73.0 Å². The predicted molar refractivity (Wildman–Crippen MR) is 120 cm³/mol. The predicted octanol–water partition coefficient (Wildman–Crippen LogP) is 7.23. The van der Waals surface area contributed by atoms with Crippen LogP contribution in [0.3, 0.4) is 0 Å². The van der Waals surface area contributed by atoms with Gasteiger partial charge in [-0.25, -0.2) is 0 Å². The zero-order chi connectivity index (χ0) is 17.9. The van der Waals surface area contributed by atoms with Gasteiger partial charge in [0.1, 0.15) is 0 Å². The van der Waals surface area contributed by atoms with Gasteiger partial charge in [0.25, 0.3) is 0 Å². The van der Waals surface area contributed by atoms with Crippen LogP contribution in [-0.4, -0.2) is 0 Å². The van der Waals surface area contributed by atoms with E-state index < -0.39 is 0 Å².